The van der Waals surface area contributed by atoms with Gasteiger partial charge in [0.15, 0.2) is 0 Å². The summed E-state index contributed by atoms with van der Waals surface area (Å²) in [4.78, 5) is 23.5. The number of rotatable bonds is 2. The van der Waals surface area contributed by atoms with E-state index >= 15 is 0 Å². The highest BCUT2D eigenvalue weighted by Crippen LogP contribution is 2.47. The lowest BCUT2D eigenvalue weighted by Gasteiger charge is -2.20. The Kier molecular flexibility index (Phi) is 3.74. The summed E-state index contributed by atoms with van der Waals surface area (Å²) in [6, 6.07) is 0. The van der Waals surface area contributed by atoms with Gasteiger partial charge in [-0.05, 0) is 33.6 Å². The van der Waals surface area contributed by atoms with Gasteiger partial charge in [-0.1, -0.05) is 12.8 Å². The summed E-state index contributed by atoms with van der Waals surface area (Å²) in [6.07, 6.45) is 4.10. The second-order valence-electron chi connectivity index (χ2n) is 6.60. The van der Waals surface area contributed by atoms with Crippen LogP contribution >= 0.6 is 0 Å². The summed E-state index contributed by atoms with van der Waals surface area (Å²) in [6.45, 7) is 5.78. The highest BCUT2D eigenvalue weighted by atomic mass is 16.6. The molecule has 0 radical (unpaired) electrons. The average Bonchev–Trinajstić information content (AvgIpc) is 2.84. The standard InChI is InChI=1S/C14H23NO4/c1-13(2,3)19-12(17)15-9-10-8-14(11(16)18-10)6-4-5-7-14/h10H,4-9H2,1-3H3,(H,15,17). The van der Waals surface area contributed by atoms with E-state index < -0.39 is 11.7 Å². The molecule has 19 heavy (non-hydrogen) atoms. The second-order valence-corrected chi connectivity index (χ2v) is 6.60. The minimum absolute atomic E-state index is 0.0824. The molecule has 0 aromatic heterocycles. The first-order chi connectivity index (χ1) is 8.81. The number of cyclic esters (lactones) is 1. The van der Waals surface area contributed by atoms with Crippen molar-refractivity contribution in [3.05, 3.63) is 0 Å². The van der Waals surface area contributed by atoms with Gasteiger partial charge in [0.25, 0.3) is 0 Å². The van der Waals surface area contributed by atoms with E-state index in [9.17, 15) is 9.59 Å². The monoisotopic (exact) mass is 269 g/mol. The van der Waals surface area contributed by atoms with Crippen molar-refractivity contribution in [2.45, 2.75) is 64.6 Å². The Hall–Kier alpha value is -1.26. The summed E-state index contributed by atoms with van der Waals surface area (Å²) in [7, 11) is 0. The third-order valence-electron chi connectivity index (χ3n) is 3.76. The van der Waals surface area contributed by atoms with Gasteiger partial charge < -0.3 is 14.8 Å². The molecule has 0 aromatic carbocycles. The molecular formula is C14H23NO4. The van der Waals surface area contributed by atoms with Crippen molar-refractivity contribution >= 4 is 12.1 Å². The zero-order chi connectivity index (χ0) is 14.1. The van der Waals surface area contributed by atoms with Crippen molar-refractivity contribution in [1.82, 2.24) is 5.32 Å². The largest absolute Gasteiger partial charge is 0.460 e. The molecule has 0 bridgehead atoms. The lowest BCUT2D eigenvalue weighted by Crippen LogP contribution is -2.37. The van der Waals surface area contributed by atoms with Crippen LogP contribution in [0.2, 0.25) is 0 Å². The number of carbonyl (C=O) groups excluding carboxylic acids is 2. The first kappa shape index (κ1) is 14.2. The van der Waals surface area contributed by atoms with Gasteiger partial charge in [0.1, 0.15) is 11.7 Å². The number of hydrogen-bond acceptors (Lipinski definition) is 4. The van der Waals surface area contributed by atoms with Crippen LogP contribution in [0.15, 0.2) is 0 Å². The van der Waals surface area contributed by atoms with Gasteiger partial charge in [-0.3, -0.25) is 4.79 Å². The molecule has 1 amide bonds. The summed E-state index contributed by atoms with van der Waals surface area (Å²) >= 11 is 0. The van der Waals surface area contributed by atoms with Crippen molar-refractivity contribution in [1.29, 1.82) is 0 Å². The summed E-state index contributed by atoms with van der Waals surface area (Å²) < 4.78 is 10.5. The lowest BCUT2D eigenvalue weighted by atomic mass is 9.83. The number of esters is 1. The molecule has 1 aliphatic heterocycles. The Morgan fingerprint density at radius 1 is 1.42 bits per heavy atom. The van der Waals surface area contributed by atoms with E-state index in [4.69, 9.17) is 9.47 Å². The molecule has 5 nitrogen and oxygen atoms in total. The predicted molar refractivity (Wildman–Crippen MR) is 69.6 cm³/mol. The van der Waals surface area contributed by atoms with Crippen LogP contribution in [0.5, 0.6) is 0 Å². The average molecular weight is 269 g/mol. The van der Waals surface area contributed by atoms with Crippen LogP contribution in [0.25, 0.3) is 0 Å². The molecule has 1 saturated heterocycles. The maximum Gasteiger partial charge on any atom is 0.407 e. The SMILES string of the molecule is CC(C)(C)OC(=O)NCC1CC2(CCCC2)C(=O)O1. The van der Waals surface area contributed by atoms with E-state index in [1.54, 1.807) is 0 Å². The highest BCUT2D eigenvalue weighted by Gasteiger charge is 2.50. The van der Waals surface area contributed by atoms with Gasteiger partial charge in [0, 0.05) is 6.42 Å². The van der Waals surface area contributed by atoms with E-state index in [0.717, 1.165) is 32.1 Å². The van der Waals surface area contributed by atoms with Crippen LogP contribution in [0.1, 0.15) is 52.9 Å². The quantitative estimate of drug-likeness (QED) is 0.782. The molecule has 108 valence electrons. The van der Waals surface area contributed by atoms with Crippen molar-refractivity contribution in [2.24, 2.45) is 5.41 Å². The lowest BCUT2D eigenvalue weighted by molar-refractivity contribution is -0.148. The molecule has 1 heterocycles. The van der Waals surface area contributed by atoms with Crippen LogP contribution in [-0.4, -0.2) is 30.3 Å². The van der Waals surface area contributed by atoms with Crippen molar-refractivity contribution in [2.75, 3.05) is 6.54 Å². The van der Waals surface area contributed by atoms with E-state index in [1.807, 2.05) is 20.8 Å². The first-order valence-electron chi connectivity index (χ1n) is 6.99. The van der Waals surface area contributed by atoms with Gasteiger partial charge in [-0.15, -0.1) is 0 Å². The Balaban J connectivity index is 1.79. The normalized spacial score (nSPS) is 25.4. The zero-order valence-electron chi connectivity index (χ0n) is 12.0. The van der Waals surface area contributed by atoms with E-state index in [0.29, 0.717) is 6.54 Å². The number of amides is 1. The number of ether oxygens (including phenoxy) is 2. The van der Waals surface area contributed by atoms with Gasteiger partial charge in [-0.2, -0.15) is 0 Å². The maximum atomic E-state index is 11.9. The molecule has 0 aromatic rings. The number of carbonyl (C=O) groups is 2. The van der Waals surface area contributed by atoms with Gasteiger partial charge in [0.05, 0.1) is 12.0 Å². The summed E-state index contributed by atoms with van der Waals surface area (Å²) in [5.41, 5.74) is -0.774. The summed E-state index contributed by atoms with van der Waals surface area (Å²) in [5.74, 6) is -0.0824. The molecule has 1 atom stereocenters. The maximum absolute atomic E-state index is 11.9. The fourth-order valence-corrected chi connectivity index (χ4v) is 2.92. The third kappa shape index (κ3) is 3.39. The van der Waals surface area contributed by atoms with Crippen LogP contribution in [-0.2, 0) is 14.3 Å². The number of nitrogens with one attached hydrogen (secondary N) is 1. The molecule has 2 rings (SSSR count). The van der Waals surface area contributed by atoms with Gasteiger partial charge >= 0.3 is 12.1 Å². The van der Waals surface area contributed by atoms with E-state index in [1.165, 1.54) is 0 Å². The Morgan fingerprint density at radius 2 is 2.05 bits per heavy atom. The Bertz CT molecular complexity index is 366. The molecule has 2 aliphatic rings. The fourth-order valence-electron chi connectivity index (χ4n) is 2.92. The van der Waals surface area contributed by atoms with Crippen LogP contribution < -0.4 is 5.32 Å². The molecule has 1 unspecified atom stereocenters. The molecule has 1 N–H and O–H groups in total. The van der Waals surface area contributed by atoms with Gasteiger partial charge in [0.2, 0.25) is 0 Å². The first-order valence-corrected chi connectivity index (χ1v) is 6.99. The minimum atomic E-state index is -0.511. The molecule has 2 fully saturated rings. The summed E-state index contributed by atoms with van der Waals surface area (Å²) in [5, 5.41) is 2.67. The molecule has 1 saturated carbocycles. The second kappa shape index (κ2) is 5.02. The fraction of sp³-hybridized carbons (Fsp3) is 0.857. The van der Waals surface area contributed by atoms with Crippen molar-refractivity contribution < 1.29 is 19.1 Å². The topological polar surface area (TPSA) is 64.6 Å². The third-order valence-corrected chi connectivity index (χ3v) is 3.76. The van der Waals surface area contributed by atoms with Gasteiger partial charge in [-0.25, -0.2) is 4.79 Å². The minimum Gasteiger partial charge on any atom is -0.460 e. The smallest absolute Gasteiger partial charge is 0.407 e. The molecule has 5 heteroatoms. The van der Waals surface area contributed by atoms with Crippen LogP contribution in [0.3, 0.4) is 0 Å². The molecular weight excluding hydrogens is 246 g/mol. The van der Waals surface area contributed by atoms with Crippen LogP contribution in [0.4, 0.5) is 4.79 Å². The Morgan fingerprint density at radius 3 is 2.63 bits per heavy atom. The molecule has 1 spiro atoms. The Labute approximate surface area is 114 Å². The zero-order valence-corrected chi connectivity index (χ0v) is 12.0. The number of alkyl carbamates (subject to hydrolysis) is 1. The van der Waals surface area contributed by atoms with E-state index in [-0.39, 0.29) is 17.5 Å². The predicted octanol–water partition coefficient (Wildman–Crippen LogP) is 2.39. The highest BCUT2D eigenvalue weighted by molar-refractivity contribution is 5.79. The van der Waals surface area contributed by atoms with Crippen molar-refractivity contribution in [3.8, 4) is 0 Å². The van der Waals surface area contributed by atoms with Crippen molar-refractivity contribution in [3.63, 3.8) is 0 Å². The molecule has 1 aliphatic carbocycles. The van der Waals surface area contributed by atoms with E-state index in [2.05, 4.69) is 5.32 Å². The number of hydrogen-bond donors (Lipinski definition) is 1. The van der Waals surface area contributed by atoms with Crippen LogP contribution in [0, 0.1) is 5.41 Å².